The van der Waals surface area contributed by atoms with Crippen LogP contribution in [-0.2, 0) is 4.74 Å². The normalized spacial score (nSPS) is 11.9. The molecule has 0 amide bonds. The van der Waals surface area contributed by atoms with Crippen molar-refractivity contribution in [2.75, 3.05) is 53.0 Å². The van der Waals surface area contributed by atoms with Crippen molar-refractivity contribution in [1.82, 2.24) is 15.5 Å². The number of ether oxygens (including phenoxy) is 1. The molecule has 0 aromatic heterocycles. The number of guanidine groups is 1. The predicted molar refractivity (Wildman–Crippen MR) is 82.9 cm³/mol. The lowest BCUT2D eigenvalue weighted by Gasteiger charge is -2.18. The Morgan fingerprint density at radius 1 is 1.05 bits per heavy atom. The van der Waals surface area contributed by atoms with E-state index in [4.69, 9.17) is 4.74 Å². The quantitative estimate of drug-likeness (QED) is 0.338. The van der Waals surface area contributed by atoms with Crippen molar-refractivity contribution in [1.29, 1.82) is 0 Å². The number of hydrogen-bond acceptors (Lipinski definition) is 3. The standard InChI is InChI=1S/C14H32N4O/c1-5-18(6-2)12-8-10-16-14(15-4)17-11-9-13-19-7-3/h5-13H2,1-4H3,(H2,15,16,17). The molecule has 0 aliphatic heterocycles. The molecular formula is C14H32N4O. The number of nitrogens with one attached hydrogen (secondary N) is 2. The van der Waals surface area contributed by atoms with E-state index in [1.807, 2.05) is 14.0 Å². The molecule has 0 saturated heterocycles. The molecule has 5 nitrogen and oxygen atoms in total. The second-order valence-electron chi connectivity index (χ2n) is 4.36. The minimum atomic E-state index is 0.790. The highest BCUT2D eigenvalue weighted by Crippen LogP contribution is 1.89. The lowest BCUT2D eigenvalue weighted by Crippen LogP contribution is -2.39. The largest absolute Gasteiger partial charge is 0.382 e. The molecule has 2 N–H and O–H groups in total. The van der Waals surface area contributed by atoms with Crippen molar-refractivity contribution < 1.29 is 4.74 Å². The fraction of sp³-hybridized carbons (Fsp3) is 0.929. The summed E-state index contributed by atoms with van der Waals surface area (Å²) in [5, 5.41) is 6.62. The summed E-state index contributed by atoms with van der Waals surface area (Å²) >= 11 is 0. The first-order valence-corrected chi connectivity index (χ1v) is 7.53. The average molecular weight is 272 g/mol. The van der Waals surface area contributed by atoms with Crippen LogP contribution in [0.2, 0.25) is 0 Å². The van der Waals surface area contributed by atoms with Crippen molar-refractivity contribution >= 4 is 5.96 Å². The van der Waals surface area contributed by atoms with Crippen LogP contribution in [0.3, 0.4) is 0 Å². The Morgan fingerprint density at radius 2 is 1.68 bits per heavy atom. The van der Waals surface area contributed by atoms with Crippen molar-refractivity contribution in [3.63, 3.8) is 0 Å². The van der Waals surface area contributed by atoms with Gasteiger partial charge in [-0.1, -0.05) is 13.8 Å². The van der Waals surface area contributed by atoms with Crippen LogP contribution in [0.4, 0.5) is 0 Å². The van der Waals surface area contributed by atoms with E-state index in [0.717, 1.165) is 64.7 Å². The third kappa shape index (κ3) is 10.8. The summed E-state index contributed by atoms with van der Waals surface area (Å²) in [4.78, 5) is 6.63. The van der Waals surface area contributed by atoms with E-state index in [-0.39, 0.29) is 0 Å². The molecule has 19 heavy (non-hydrogen) atoms. The van der Waals surface area contributed by atoms with Crippen molar-refractivity contribution in [2.24, 2.45) is 4.99 Å². The molecule has 0 bridgehead atoms. The third-order valence-corrected chi connectivity index (χ3v) is 3.02. The average Bonchev–Trinajstić information content (AvgIpc) is 2.45. The first-order valence-electron chi connectivity index (χ1n) is 7.53. The SMILES string of the molecule is CCOCCCNC(=NC)NCCCN(CC)CC. The summed E-state index contributed by atoms with van der Waals surface area (Å²) in [6, 6.07) is 0. The van der Waals surface area contributed by atoms with Crippen LogP contribution in [0.1, 0.15) is 33.6 Å². The van der Waals surface area contributed by atoms with Crippen LogP contribution in [-0.4, -0.2) is 63.8 Å². The van der Waals surface area contributed by atoms with E-state index in [1.165, 1.54) is 0 Å². The molecule has 0 rings (SSSR count). The molecule has 114 valence electrons. The highest BCUT2D eigenvalue weighted by molar-refractivity contribution is 5.79. The Bertz CT molecular complexity index is 217. The summed E-state index contributed by atoms with van der Waals surface area (Å²) in [5.41, 5.74) is 0. The minimum absolute atomic E-state index is 0.790. The van der Waals surface area contributed by atoms with Gasteiger partial charge in [0.1, 0.15) is 0 Å². The van der Waals surface area contributed by atoms with Crippen LogP contribution in [0.15, 0.2) is 4.99 Å². The molecular weight excluding hydrogens is 240 g/mol. The van der Waals surface area contributed by atoms with E-state index in [2.05, 4.69) is 34.4 Å². The molecule has 0 heterocycles. The maximum Gasteiger partial charge on any atom is 0.190 e. The Balaban J connectivity index is 3.54. The monoisotopic (exact) mass is 272 g/mol. The fourth-order valence-electron chi connectivity index (χ4n) is 1.80. The first kappa shape index (κ1) is 18.2. The Labute approximate surface area is 118 Å². The lowest BCUT2D eigenvalue weighted by molar-refractivity contribution is 0.145. The van der Waals surface area contributed by atoms with Gasteiger partial charge in [0.15, 0.2) is 5.96 Å². The van der Waals surface area contributed by atoms with Gasteiger partial charge in [-0.3, -0.25) is 4.99 Å². The van der Waals surface area contributed by atoms with Crippen LogP contribution >= 0.6 is 0 Å². The third-order valence-electron chi connectivity index (χ3n) is 3.02. The van der Waals surface area contributed by atoms with Gasteiger partial charge in [0.25, 0.3) is 0 Å². The van der Waals surface area contributed by atoms with Crippen molar-refractivity contribution in [3.8, 4) is 0 Å². The van der Waals surface area contributed by atoms with Crippen LogP contribution < -0.4 is 10.6 Å². The summed E-state index contributed by atoms with van der Waals surface area (Å²) in [7, 11) is 1.81. The highest BCUT2D eigenvalue weighted by atomic mass is 16.5. The van der Waals surface area contributed by atoms with Crippen LogP contribution in [0, 0.1) is 0 Å². The molecule has 0 saturated carbocycles. The number of aliphatic imine (C=N–C) groups is 1. The smallest absolute Gasteiger partial charge is 0.190 e. The molecule has 0 radical (unpaired) electrons. The molecule has 0 aliphatic carbocycles. The summed E-state index contributed by atoms with van der Waals surface area (Å²) in [5.74, 6) is 0.885. The summed E-state index contributed by atoms with van der Waals surface area (Å²) in [6.45, 7) is 13.3. The van der Waals surface area contributed by atoms with E-state index in [0.29, 0.717) is 0 Å². The maximum absolute atomic E-state index is 5.29. The van der Waals surface area contributed by atoms with Gasteiger partial charge < -0.3 is 20.3 Å². The van der Waals surface area contributed by atoms with Crippen LogP contribution in [0.5, 0.6) is 0 Å². The van der Waals surface area contributed by atoms with Crippen LogP contribution in [0.25, 0.3) is 0 Å². The summed E-state index contributed by atoms with van der Waals surface area (Å²) in [6.07, 6.45) is 2.15. The van der Waals surface area contributed by atoms with Gasteiger partial charge in [-0.25, -0.2) is 0 Å². The molecule has 0 atom stereocenters. The second kappa shape index (κ2) is 13.6. The Hall–Kier alpha value is -0.810. The molecule has 0 aromatic carbocycles. The van der Waals surface area contributed by atoms with Gasteiger partial charge in [-0.05, 0) is 39.4 Å². The number of hydrogen-bond donors (Lipinski definition) is 2. The second-order valence-corrected chi connectivity index (χ2v) is 4.36. The predicted octanol–water partition coefficient (Wildman–Crippen LogP) is 1.31. The van der Waals surface area contributed by atoms with E-state index in [1.54, 1.807) is 0 Å². The van der Waals surface area contributed by atoms with Gasteiger partial charge in [0, 0.05) is 33.4 Å². The molecule has 0 aromatic rings. The van der Waals surface area contributed by atoms with Gasteiger partial charge >= 0.3 is 0 Å². The summed E-state index contributed by atoms with van der Waals surface area (Å²) < 4.78 is 5.29. The Morgan fingerprint density at radius 3 is 2.21 bits per heavy atom. The minimum Gasteiger partial charge on any atom is -0.382 e. The van der Waals surface area contributed by atoms with Gasteiger partial charge in [0.2, 0.25) is 0 Å². The molecule has 0 aliphatic rings. The van der Waals surface area contributed by atoms with E-state index < -0.39 is 0 Å². The highest BCUT2D eigenvalue weighted by Gasteiger charge is 1.99. The first-order chi connectivity index (χ1) is 9.28. The van der Waals surface area contributed by atoms with E-state index in [9.17, 15) is 0 Å². The zero-order valence-electron chi connectivity index (χ0n) is 13.2. The van der Waals surface area contributed by atoms with Crippen molar-refractivity contribution in [2.45, 2.75) is 33.6 Å². The molecule has 0 spiro atoms. The number of nitrogens with zero attached hydrogens (tertiary/aromatic N) is 2. The topological polar surface area (TPSA) is 48.9 Å². The lowest BCUT2D eigenvalue weighted by atomic mass is 10.3. The fourth-order valence-corrected chi connectivity index (χ4v) is 1.80. The van der Waals surface area contributed by atoms with Gasteiger partial charge in [0.05, 0.1) is 0 Å². The van der Waals surface area contributed by atoms with Gasteiger partial charge in [-0.15, -0.1) is 0 Å². The molecule has 0 unspecified atom stereocenters. The van der Waals surface area contributed by atoms with Crippen molar-refractivity contribution in [3.05, 3.63) is 0 Å². The van der Waals surface area contributed by atoms with Gasteiger partial charge in [-0.2, -0.15) is 0 Å². The maximum atomic E-state index is 5.29. The number of rotatable bonds is 11. The molecule has 0 fully saturated rings. The Kier molecular flexibility index (Phi) is 13.0. The van der Waals surface area contributed by atoms with E-state index >= 15 is 0 Å². The zero-order chi connectivity index (χ0) is 14.3. The zero-order valence-corrected chi connectivity index (χ0v) is 13.2. The molecule has 5 heteroatoms.